The van der Waals surface area contributed by atoms with E-state index in [-0.39, 0.29) is 11.9 Å². The number of amides is 1. The minimum atomic E-state index is -0.110. The van der Waals surface area contributed by atoms with Crippen LogP contribution in [-0.2, 0) is 6.54 Å². The highest BCUT2D eigenvalue weighted by Crippen LogP contribution is 2.14. The molecule has 1 fully saturated rings. The van der Waals surface area contributed by atoms with Crippen molar-refractivity contribution in [1.29, 1.82) is 0 Å². The second-order valence-corrected chi connectivity index (χ2v) is 5.49. The van der Waals surface area contributed by atoms with Crippen LogP contribution in [0.2, 0.25) is 0 Å². The minimum absolute atomic E-state index is 0.110. The van der Waals surface area contributed by atoms with Crippen LogP contribution in [0.1, 0.15) is 29.0 Å². The molecular weight excluding hydrogens is 264 g/mol. The molecule has 2 heterocycles. The van der Waals surface area contributed by atoms with Crippen molar-refractivity contribution >= 4 is 5.91 Å². The van der Waals surface area contributed by atoms with Crippen molar-refractivity contribution in [2.45, 2.75) is 25.4 Å². The smallest absolute Gasteiger partial charge is 0.287 e. The van der Waals surface area contributed by atoms with Gasteiger partial charge in [0.15, 0.2) is 5.76 Å². The van der Waals surface area contributed by atoms with E-state index < -0.39 is 0 Å². The number of carbonyl (C=O) groups excluding carboxylic acids is 1. The van der Waals surface area contributed by atoms with Crippen molar-refractivity contribution in [2.24, 2.45) is 0 Å². The third kappa shape index (κ3) is 3.73. The molecule has 4 nitrogen and oxygen atoms in total. The number of likely N-dealkylation sites (tertiary alicyclic amines) is 1. The maximum Gasteiger partial charge on any atom is 0.287 e. The van der Waals surface area contributed by atoms with E-state index in [0.29, 0.717) is 5.76 Å². The monoisotopic (exact) mass is 284 g/mol. The van der Waals surface area contributed by atoms with Crippen molar-refractivity contribution in [3.05, 3.63) is 60.1 Å². The van der Waals surface area contributed by atoms with Gasteiger partial charge in [0.1, 0.15) is 0 Å². The SMILES string of the molecule is O=C(NC1CCN(Cc2ccccc2)CC1)c1ccco1. The van der Waals surface area contributed by atoms with Gasteiger partial charge in [-0.3, -0.25) is 9.69 Å². The summed E-state index contributed by atoms with van der Waals surface area (Å²) in [6.45, 7) is 3.01. The second kappa shape index (κ2) is 6.59. The number of nitrogens with zero attached hydrogens (tertiary/aromatic N) is 1. The van der Waals surface area contributed by atoms with E-state index in [9.17, 15) is 4.79 Å². The molecule has 0 unspecified atom stereocenters. The third-order valence-electron chi connectivity index (χ3n) is 3.92. The van der Waals surface area contributed by atoms with E-state index >= 15 is 0 Å². The third-order valence-corrected chi connectivity index (χ3v) is 3.92. The Labute approximate surface area is 124 Å². The number of benzene rings is 1. The number of piperidine rings is 1. The molecular formula is C17H20N2O2. The summed E-state index contributed by atoms with van der Waals surface area (Å²) in [5.74, 6) is 0.281. The van der Waals surface area contributed by atoms with Gasteiger partial charge in [-0.25, -0.2) is 0 Å². The summed E-state index contributed by atoms with van der Waals surface area (Å²) >= 11 is 0. The first-order valence-corrected chi connectivity index (χ1v) is 7.42. The molecule has 1 aliphatic heterocycles. The minimum Gasteiger partial charge on any atom is -0.459 e. The van der Waals surface area contributed by atoms with Crippen LogP contribution in [0.15, 0.2) is 53.1 Å². The standard InChI is InChI=1S/C17H20N2O2/c20-17(16-7-4-12-21-16)18-15-8-10-19(11-9-15)13-14-5-2-1-3-6-14/h1-7,12,15H,8-11,13H2,(H,18,20). The van der Waals surface area contributed by atoms with Gasteiger partial charge in [-0.05, 0) is 30.5 Å². The molecule has 1 aliphatic rings. The molecule has 110 valence electrons. The normalized spacial score (nSPS) is 16.8. The zero-order valence-corrected chi connectivity index (χ0v) is 12.0. The zero-order valence-electron chi connectivity index (χ0n) is 12.0. The van der Waals surface area contributed by atoms with Crippen molar-refractivity contribution < 1.29 is 9.21 Å². The Morgan fingerprint density at radius 1 is 1.14 bits per heavy atom. The molecule has 1 aromatic carbocycles. The Morgan fingerprint density at radius 2 is 1.90 bits per heavy atom. The predicted octanol–water partition coefficient (Wildman–Crippen LogP) is 2.67. The summed E-state index contributed by atoms with van der Waals surface area (Å²) in [5.41, 5.74) is 1.34. The highest BCUT2D eigenvalue weighted by molar-refractivity contribution is 5.91. The summed E-state index contributed by atoms with van der Waals surface area (Å²) in [7, 11) is 0. The first-order valence-electron chi connectivity index (χ1n) is 7.42. The van der Waals surface area contributed by atoms with Crippen LogP contribution in [0.25, 0.3) is 0 Å². The molecule has 0 bridgehead atoms. The summed E-state index contributed by atoms with van der Waals surface area (Å²) in [4.78, 5) is 14.4. The van der Waals surface area contributed by atoms with Crippen LogP contribution in [0.4, 0.5) is 0 Å². The summed E-state index contributed by atoms with van der Waals surface area (Å²) in [5, 5.41) is 3.05. The Morgan fingerprint density at radius 3 is 2.57 bits per heavy atom. The summed E-state index contributed by atoms with van der Waals surface area (Å²) in [6, 6.07) is 14.2. The van der Waals surface area contributed by atoms with Crippen LogP contribution in [0, 0.1) is 0 Å². The molecule has 1 aromatic heterocycles. The lowest BCUT2D eigenvalue weighted by Crippen LogP contribution is -2.44. The highest BCUT2D eigenvalue weighted by atomic mass is 16.3. The van der Waals surface area contributed by atoms with Gasteiger partial charge in [0.25, 0.3) is 5.91 Å². The van der Waals surface area contributed by atoms with E-state index in [1.807, 2.05) is 6.07 Å². The van der Waals surface area contributed by atoms with Gasteiger partial charge in [0.05, 0.1) is 6.26 Å². The fourth-order valence-electron chi connectivity index (χ4n) is 2.74. The molecule has 0 aliphatic carbocycles. The lowest BCUT2D eigenvalue weighted by molar-refractivity contribution is 0.0881. The maximum atomic E-state index is 11.9. The fourth-order valence-corrected chi connectivity index (χ4v) is 2.74. The number of carbonyl (C=O) groups is 1. The molecule has 0 spiro atoms. The van der Waals surface area contributed by atoms with Gasteiger partial charge in [-0.2, -0.15) is 0 Å². The average Bonchev–Trinajstić information content (AvgIpc) is 3.05. The lowest BCUT2D eigenvalue weighted by atomic mass is 10.0. The first-order chi connectivity index (χ1) is 10.3. The van der Waals surface area contributed by atoms with Crippen molar-refractivity contribution in [2.75, 3.05) is 13.1 Å². The van der Waals surface area contributed by atoms with Crippen LogP contribution in [0.5, 0.6) is 0 Å². The first kappa shape index (κ1) is 13.9. The predicted molar refractivity (Wildman–Crippen MR) is 80.9 cm³/mol. The molecule has 2 aromatic rings. The van der Waals surface area contributed by atoms with Crippen LogP contribution >= 0.6 is 0 Å². The van der Waals surface area contributed by atoms with Crippen LogP contribution < -0.4 is 5.32 Å². The largest absolute Gasteiger partial charge is 0.459 e. The number of hydrogen-bond acceptors (Lipinski definition) is 3. The van der Waals surface area contributed by atoms with E-state index in [1.54, 1.807) is 12.1 Å². The fraction of sp³-hybridized carbons (Fsp3) is 0.353. The molecule has 0 atom stereocenters. The van der Waals surface area contributed by atoms with Crippen LogP contribution in [-0.4, -0.2) is 29.9 Å². The van der Waals surface area contributed by atoms with Gasteiger partial charge < -0.3 is 9.73 Å². The quantitative estimate of drug-likeness (QED) is 0.939. The van der Waals surface area contributed by atoms with E-state index in [2.05, 4.69) is 34.5 Å². The van der Waals surface area contributed by atoms with E-state index in [4.69, 9.17) is 4.42 Å². The molecule has 1 amide bonds. The summed E-state index contributed by atoms with van der Waals surface area (Å²) < 4.78 is 5.11. The van der Waals surface area contributed by atoms with Crippen molar-refractivity contribution in [3.63, 3.8) is 0 Å². The van der Waals surface area contributed by atoms with Gasteiger partial charge in [0, 0.05) is 25.7 Å². The van der Waals surface area contributed by atoms with Gasteiger partial charge in [-0.15, -0.1) is 0 Å². The van der Waals surface area contributed by atoms with Crippen molar-refractivity contribution in [3.8, 4) is 0 Å². The maximum absolute atomic E-state index is 11.9. The molecule has 21 heavy (non-hydrogen) atoms. The highest BCUT2D eigenvalue weighted by Gasteiger charge is 2.21. The van der Waals surface area contributed by atoms with Gasteiger partial charge >= 0.3 is 0 Å². The number of nitrogens with one attached hydrogen (secondary N) is 1. The Kier molecular flexibility index (Phi) is 4.36. The average molecular weight is 284 g/mol. The number of hydrogen-bond donors (Lipinski definition) is 1. The van der Waals surface area contributed by atoms with E-state index in [0.717, 1.165) is 32.5 Å². The van der Waals surface area contributed by atoms with Crippen LogP contribution in [0.3, 0.4) is 0 Å². The molecule has 4 heteroatoms. The number of furan rings is 1. The summed E-state index contributed by atoms with van der Waals surface area (Å²) in [6.07, 6.45) is 3.50. The van der Waals surface area contributed by atoms with Gasteiger partial charge in [-0.1, -0.05) is 30.3 Å². The Hall–Kier alpha value is -2.07. The Bertz CT molecular complexity index is 558. The van der Waals surface area contributed by atoms with Crippen molar-refractivity contribution in [1.82, 2.24) is 10.2 Å². The molecule has 0 radical (unpaired) electrons. The van der Waals surface area contributed by atoms with E-state index in [1.165, 1.54) is 11.8 Å². The zero-order chi connectivity index (χ0) is 14.5. The number of rotatable bonds is 4. The second-order valence-electron chi connectivity index (χ2n) is 5.49. The van der Waals surface area contributed by atoms with Gasteiger partial charge in [0.2, 0.25) is 0 Å². The Balaban J connectivity index is 1.46. The molecule has 0 saturated carbocycles. The molecule has 1 N–H and O–H groups in total. The topological polar surface area (TPSA) is 45.5 Å². The molecule has 3 rings (SSSR count). The lowest BCUT2D eigenvalue weighted by Gasteiger charge is -2.32. The molecule has 1 saturated heterocycles.